The largest absolute Gasteiger partial charge is 0.444 e. The summed E-state index contributed by atoms with van der Waals surface area (Å²) in [6.45, 7) is 10.6. The number of rotatable bonds is 6. The lowest BCUT2D eigenvalue weighted by Crippen LogP contribution is -2.48. The lowest BCUT2D eigenvalue weighted by molar-refractivity contribution is -0.119. The highest BCUT2D eigenvalue weighted by Crippen LogP contribution is 2.19. The van der Waals surface area contributed by atoms with Crippen molar-refractivity contribution >= 4 is 18.0 Å². The van der Waals surface area contributed by atoms with E-state index in [1.807, 2.05) is 20.8 Å². The third-order valence-corrected chi connectivity index (χ3v) is 4.42. The number of nitrogens with one attached hydrogen (secondary N) is 1. The Hall–Kier alpha value is -1.99. The van der Waals surface area contributed by atoms with Crippen LogP contribution in [0.1, 0.15) is 47.0 Å². The van der Waals surface area contributed by atoms with E-state index >= 15 is 0 Å². The maximum absolute atomic E-state index is 12.1. The van der Waals surface area contributed by atoms with Gasteiger partial charge in [-0.2, -0.15) is 0 Å². The molecule has 0 aliphatic carbocycles. The van der Waals surface area contributed by atoms with Gasteiger partial charge in [0.15, 0.2) is 5.96 Å². The van der Waals surface area contributed by atoms with Crippen LogP contribution >= 0.6 is 0 Å². The molecule has 0 aromatic carbocycles. The minimum Gasteiger partial charge on any atom is -0.444 e. The summed E-state index contributed by atoms with van der Waals surface area (Å²) in [5.74, 6) is 1.09. The number of amides is 2. The molecule has 27 heavy (non-hydrogen) atoms. The van der Waals surface area contributed by atoms with Gasteiger partial charge in [-0.3, -0.25) is 9.79 Å². The zero-order valence-corrected chi connectivity index (χ0v) is 17.7. The SMILES string of the molecule is CN=C(NCC(C)CN(C)C(=O)OC(C)(C)C)N1CCCC(CC(N)=O)C1. The molecule has 2 amide bonds. The first-order valence-corrected chi connectivity index (χ1v) is 9.69. The fourth-order valence-corrected chi connectivity index (χ4v) is 3.25. The van der Waals surface area contributed by atoms with Gasteiger partial charge in [0, 0.05) is 46.7 Å². The molecule has 2 atom stereocenters. The summed E-state index contributed by atoms with van der Waals surface area (Å²) in [7, 11) is 3.51. The summed E-state index contributed by atoms with van der Waals surface area (Å²) in [6.07, 6.45) is 2.15. The molecule has 2 unspecified atom stereocenters. The summed E-state index contributed by atoms with van der Waals surface area (Å²) >= 11 is 0. The Bertz CT molecular complexity index is 530. The van der Waals surface area contributed by atoms with Crippen molar-refractivity contribution in [2.24, 2.45) is 22.6 Å². The Morgan fingerprint density at radius 1 is 1.41 bits per heavy atom. The average Bonchev–Trinajstić information content (AvgIpc) is 2.53. The zero-order valence-electron chi connectivity index (χ0n) is 17.7. The highest BCUT2D eigenvalue weighted by atomic mass is 16.6. The number of nitrogens with two attached hydrogens (primary N) is 1. The van der Waals surface area contributed by atoms with Gasteiger partial charge in [-0.05, 0) is 45.4 Å². The number of ether oxygens (including phenoxy) is 1. The Balaban J connectivity index is 2.47. The maximum Gasteiger partial charge on any atom is 0.410 e. The molecule has 1 aliphatic rings. The minimum atomic E-state index is -0.495. The van der Waals surface area contributed by atoms with Gasteiger partial charge in [-0.25, -0.2) is 4.79 Å². The maximum atomic E-state index is 12.1. The van der Waals surface area contributed by atoms with Crippen molar-refractivity contribution in [2.75, 3.05) is 40.3 Å². The fourth-order valence-electron chi connectivity index (χ4n) is 3.25. The molecule has 1 fully saturated rings. The number of carbonyl (C=O) groups is 2. The second kappa shape index (κ2) is 10.4. The first-order chi connectivity index (χ1) is 12.5. The van der Waals surface area contributed by atoms with Crippen LogP contribution in [0.15, 0.2) is 4.99 Å². The molecular formula is C19H37N5O3. The predicted molar refractivity (Wildman–Crippen MR) is 107 cm³/mol. The van der Waals surface area contributed by atoms with Gasteiger partial charge in [0.2, 0.25) is 5.91 Å². The normalized spacial score (nSPS) is 19.4. The van der Waals surface area contributed by atoms with Crippen LogP contribution in [0.5, 0.6) is 0 Å². The van der Waals surface area contributed by atoms with Crippen LogP contribution in [0.25, 0.3) is 0 Å². The number of primary amides is 1. The molecule has 0 radical (unpaired) electrons. The molecule has 8 nitrogen and oxygen atoms in total. The van der Waals surface area contributed by atoms with Gasteiger partial charge in [0.25, 0.3) is 0 Å². The van der Waals surface area contributed by atoms with Crippen molar-refractivity contribution in [1.29, 1.82) is 0 Å². The molecule has 0 saturated carbocycles. The molecule has 3 N–H and O–H groups in total. The molecular weight excluding hydrogens is 346 g/mol. The van der Waals surface area contributed by atoms with Crippen molar-refractivity contribution in [3.8, 4) is 0 Å². The highest BCUT2D eigenvalue weighted by molar-refractivity contribution is 5.80. The lowest BCUT2D eigenvalue weighted by Gasteiger charge is -2.35. The third-order valence-electron chi connectivity index (χ3n) is 4.42. The van der Waals surface area contributed by atoms with Gasteiger partial charge in [0.05, 0.1) is 0 Å². The van der Waals surface area contributed by atoms with Crippen LogP contribution in [0.3, 0.4) is 0 Å². The summed E-state index contributed by atoms with van der Waals surface area (Å²) < 4.78 is 5.38. The Morgan fingerprint density at radius 3 is 2.63 bits per heavy atom. The second-order valence-electron chi connectivity index (χ2n) is 8.52. The number of aliphatic imine (C=N–C) groups is 1. The number of carbonyl (C=O) groups excluding carboxylic acids is 2. The molecule has 0 aromatic rings. The highest BCUT2D eigenvalue weighted by Gasteiger charge is 2.24. The van der Waals surface area contributed by atoms with Gasteiger partial charge in [0.1, 0.15) is 5.60 Å². The van der Waals surface area contributed by atoms with Crippen LogP contribution < -0.4 is 11.1 Å². The van der Waals surface area contributed by atoms with Gasteiger partial charge in [-0.15, -0.1) is 0 Å². The van der Waals surface area contributed by atoms with E-state index in [4.69, 9.17) is 10.5 Å². The fraction of sp³-hybridized carbons (Fsp3) is 0.842. The van der Waals surface area contributed by atoms with E-state index in [1.54, 1.807) is 19.0 Å². The summed E-state index contributed by atoms with van der Waals surface area (Å²) in [5, 5.41) is 3.39. The summed E-state index contributed by atoms with van der Waals surface area (Å²) in [4.78, 5) is 31.4. The van der Waals surface area contributed by atoms with Crippen molar-refractivity contribution < 1.29 is 14.3 Å². The van der Waals surface area contributed by atoms with E-state index in [1.165, 1.54) is 0 Å². The number of guanidine groups is 1. The van der Waals surface area contributed by atoms with Gasteiger partial charge < -0.3 is 25.6 Å². The first-order valence-electron chi connectivity index (χ1n) is 9.69. The van der Waals surface area contributed by atoms with Crippen LogP contribution in [-0.2, 0) is 9.53 Å². The molecule has 1 aliphatic heterocycles. The van der Waals surface area contributed by atoms with E-state index in [9.17, 15) is 9.59 Å². The standard InChI is InChI=1S/C19H37N5O3/c1-14(12-23(6)18(26)27-19(2,3)4)11-22-17(21-5)24-9-7-8-15(13-24)10-16(20)25/h14-15H,7-13H2,1-6H3,(H2,20,25)(H,21,22). The quantitative estimate of drug-likeness (QED) is 0.537. The van der Waals surface area contributed by atoms with Crippen LogP contribution in [0, 0.1) is 11.8 Å². The number of hydrogen-bond acceptors (Lipinski definition) is 4. The Morgan fingerprint density at radius 2 is 2.07 bits per heavy atom. The van der Waals surface area contributed by atoms with Crippen molar-refractivity contribution in [1.82, 2.24) is 15.1 Å². The molecule has 0 spiro atoms. The molecule has 0 bridgehead atoms. The molecule has 1 saturated heterocycles. The van der Waals surface area contributed by atoms with Gasteiger partial charge in [-0.1, -0.05) is 6.92 Å². The number of likely N-dealkylation sites (tertiary alicyclic amines) is 1. The van der Waals surface area contributed by atoms with Crippen molar-refractivity contribution in [3.05, 3.63) is 0 Å². The Kier molecular flexibility index (Phi) is 8.85. The van der Waals surface area contributed by atoms with Crippen LogP contribution in [0.4, 0.5) is 4.79 Å². The predicted octanol–water partition coefficient (Wildman–Crippen LogP) is 1.65. The average molecular weight is 384 g/mol. The number of nitrogens with zero attached hydrogens (tertiary/aromatic N) is 3. The molecule has 156 valence electrons. The summed E-state index contributed by atoms with van der Waals surface area (Å²) in [6, 6.07) is 0. The van der Waals surface area contributed by atoms with Gasteiger partial charge >= 0.3 is 6.09 Å². The van der Waals surface area contributed by atoms with E-state index in [0.717, 1.165) is 31.9 Å². The number of piperidine rings is 1. The minimum absolute atomic E-state index is 0.227. The van der Waals surface area contributed by atoms with E-state index in [0.29, 0.717) is 19.5 Å². The van der Waals surface area contributed by atoms with E-state index < -0.39 is 5.60 Å². The topological polar surface area (TPSA) is 100 Å². The second-order valence-corrected chi connectivity index (χ2v) is 8.52. The van der Waals surface area contributed by atoms with Crippen molar-refractivity contribution in [3.63, 3.8) is 0 Å². The molecule has 1 rings (SSSR count). The van der Waals surface area contributed by atoms with Crippen LogP contribution in [-0.4, -0.2) is 73.6 Å². The molecule has 1 heterocycles. The van der Waals surface area contributed by atoms with Crippen LogP contribution in [0.2, 0.25) is 0 Å². The Labute approximate surface area is 163 Å². The van der Waals surface area contributed by atoms with E-state index in [-0.39, 0.29) is 23.8 Å². The number of hydrogen-bond donors (Lipinski definition) is 2. The third kappa shape index (κ3) is 8.97. The lowest BCUT2D eigenvalue weighted by atomic mass is 9.95. The zero-order chi connectivity index (χ0) is 20.6. The first kappa shape index (κ1) is 23.0. The molecule has 0 aromatic heterocycles. The van der Waals surface area contributed by atoms with E-state index in [2.05, 4.69) is 22.1 Å². The monoisotopic (exact) mass is 383 g/mol. The van der Waals surface area contributed by atoms with Crippen molar-refractivity contribution in [2.45, 2.75) is 52.6 Å². The molecule has 8 heteroatoms. The summed E-state index contributed by atoms with van der Waals surface area (Å²) in [5.41, 5.74) is 4.84. The smallest absolute Gasteiger partial charge is 0.410 e.